The van der Waals surface area contributed by atoms with Crippen LogP contribution in [-0.2, 0) is 0 Å². The topological polar surface area (TPSA) is 72.2 Å². The highest BCUT2D eigenvalue weighted by molar-refractivity contribution is 9.10. The average Bonchev–Trinajstić information content (AvgIpc) is 2.43. The van der Waals surface area contributed by atoms with Gasteiger partial charge in [0.05, 0.1) is 9.40 Å². The fraction of sp³-hybridized carbons (Fsp3) is 0.0714. The van der Waals surface area contributed by atoms with E-state index in [1.54, 1.807) is 18.2 Å². The van der Waals surface area contributed by atoms with Gasteiger partial charge in [0.1, 0.15) is 0 Å². The van der Waals surface area contributed by atoms with Crippen molar-refractivity contribution in [2.45, 2.75) is 6.92 Å². The number of hydrogen-bond donors (Lipinski definition) is 1. The highest BCUT2D eigenvalue weighted by Gasteiger charge is 2.14. The van der Waals surface area contributed by atoms with Crippen LogP contribution in [0.4, 0.5) is 11.4 Å². The molecule has 1 amide bonds. The molecule has 0 unspecified atom stereocenters. The summed E-state index contributed by atoms with van der Waals surface area (Å²) in [5, 5.41) is 13.5. The Labute approximate surface area is 137 Å². The first-order valence-corrected chi connectivity index (χ1v) is 7.48. The SMILES string of the molecule is Cc1ccc(C(=O)Nc2ccc(Br)c([N+](=O)[O-])c2)cc1Br. The summed E-state index contributed by atoms with van der Waals surface area (Å²) in [7, 11) is 0. The lowest BCUT2D eigenvalue weighted by Gasteiger charge is -2.07. The summed E-state index contributed by atoms with van der Waals surface area (Å²) in [4.78, 5) is 22.5. The average molecular weight is 414 g/mol. The fourth-order valence-corrected chi connectivity index (χ4v) is 2.44. The van der Waals surface area contributed by atoms with Gasteiger partial charge in [-0.3, -0.25) is 14.9 Å². The van der Waals surface area contributed by atoms with Crippen molar-refractivity contribution in [2.75, 3.05) is 5.32 Å². The Hall–Kier alpha value is -1.73. The number of nitrogens with zero attached hydrogens (tertiary/aromatic N) is 1. The molecule has 7 heteroatoms. The van der Waals surface area contributed by atoms with Crippen LogP contribution in [0.15, 0.2) is 45.3 Å². The lowest BCUT2D eigenvalue weighted by molar-refractivity contribution is -0.385. The Balaban J connectivity index is 2.25. The number of benzene rings is 2. The predicted molar refractivity (Wildman–Crippen MR) is 87.6 cm³/mol. The predicted octanol–water partition coefficient (Wildman–Crippen LogP) is 4.68. The molecule has 0 aliphatic carbocycles. The molecular weight excluding hydrogens is 404 g/mol. The molecule has 0 atom stereocenters. The number of nitro benzene ring substituents is 1. The second-order valence-electron chi connectivity index (χ2n) is 4.34. The molecule has 0 bridgehead atoms. The summed E-state index contributed by atoms with van der Waals surface area (Å²) in [6.07, 6.45) is 0. The molecule has 2 aromatic carbocycles. The van der Waals surface area contributed by atoms with Gasteiger partial charge < -0.3 is 5.32 Å². The van der Waals surface area contributed by atoms with Crippen molar-refractivity contribution in [3.05, 3.63) is 66.6 Å². The molecule has 1 N–H and O–H groups in total. The van der Waals surface area contributed by atoms with Crippen LogP contribution in [0.2, 0.25) is 0 Å². The van der Waals surface area contributed by atoms with Crippen molar-refractivity contribution in [3.8, 4) is 0 Å². The molecule has 2 rings (SSSR count). The Morgan fingerprint density at radius 1 is 1.14 bits per heavy atom. The van der Waals surface area contributed by atoms with Crippen LogP contribution in [0.25, 0.3) is 0 Å². The van der Waals surface area contributed by atoms with Crippen LogP contribution in [0.1, 0.15) is 15.9 Å². The zero-order valence-electron chi connectivity index (χ0n) is 10.9. The van der Waals surface area contributed by atoms with Crippen molar-refractivity contribution in [3.63, 3.8) is 0 Å². The maximum absolute atomic E-state index is 12.1. The van der Waals surface area contributed by atoms with E-state index in [-0.39, 0.29) is 11.6 Å². The molecule has 0 aliphatic rings. The van der Waals surface area contributed by atoms with Gasteiger partial charge in [-0.1, -0.05) is 22.0 Å². The second kappa shape index (κ2) is 6.36. The Morgan fingerprint density at radius 3 is 2.48 bits per heavy atom. The summed E-state index contributed by atoms with van der Waals surface area (Å²) >= 11 is 6.46. The lowest BCUT2D eigenvalue weighted by Crippen LogP contribution is -2.12. The number of rotatable bonds is 3. The number of nitrogens with one attached hydrogen (secondary N) is 1. The summed E-state index contributed by atoms with van der Waals surface area (Å²) in [5.41, 5.74) is 1.76. The molecular formula is C14H10Br2N2O3. The van der Waals surface area contributed by atoms with E-state index in [1.807, 2.05) is 13.0 Å². The second-order valence-corrected chi connectivity index (χ2v) is 6.05. The van der Waals surface area contributed by atoms with E-state index in [4.69, 9.17) is 0 Å². The van der Waals surface area contributed by atoms with Crippen LogP contribution in [0.5, 0.6) is 0 Å². The van der Waals surface area contributed by atoms with Crippen LogP contribution in [0, 0.1) is 17.0 Å². The van der Waals surface area contributed by atoms with Gasteiger partial charge >= 0.3 is 0 Å². The molecule has 0 saturated heterocycles. The summed E-state index contributed by atoms with van der Waals surface area (Å²) in [6.45, 7) is 1.92. The van der Waals surface area contributed by atoms with Gasteiger partial charge in [0.25, 0.3) is 11.6 Å². The van der Waals surface area contributed by atoms with Gasteiger partial charge in [0.2, 0.25) is 0 Å². The minimum absolute atomic E-state index is 0.0992. The number of hydrogen-bond acceptors (Lipinski definition) is 3. The van der Waals surface area contributed by atoms with Crippen molar-refractivity contribution in [1.29, 1.82) is 0 Å². The van der Waals surface area contributed by atoms with Gasteiger partial charge in [0.15, 0.2) is 0 Å². The summed E-state index contributed by atoms with van der Waals surface area (Å²) in [6, 6.07) is 9.66. The molecule has 0 saturated carbocycles. The first-order chi connectivity index (χ1) is 9.88. The lowest BCUT2D eigenvalue weighted by atomic mass is 10.1. The van der Waals surface area contributed by atoms with E-state index in [0.29, 0.717) is 15.7 Å². The van der Waals surface area contributed by atoms with E-state index in [9.17, 15) is 14.9 Å². The van der Waals surface area contributed by atoms with E-state index in [2.05, 4.69) is 37.2 Å². The van der Waals surface area contributed by atoms with Gasteiger partial charge in [-0.25, -0.2) is 0 Å². The highest BCUT2D eigenvalue weighted by atomic mass is 79.9. The van der Waals surface area contributed by atoms with Gasteiger partial charge in [-0.05, 0) is 52.7 Å². The molecule has 0 heterocycles. The Morgan fingerprint density at radius 2 is 1.86 bits per heavy atom. The van der Waals surface area contributed by atoms with Crippen molar-refractivity contribution in [1.82, 2.24) is 0 Å². The maximum Gasteiger partial charge on any atom is 0.285 e. The molecule has 108 valence electrons. The van der Waals surface area contributed by atoms with E-state index < -0.39 is 4.92 Å². The van der Waals surface area contributed by atoms with Crippen LogP contribution >= 0.6 is 31.9 Å². The van der Waals surface area contributed by atoms with Gasteiger partial charge in [-0.2, -0.15) is 0 Å². The van der Waals surface area contributed by atoms with Crippen molar-refractivity contribution < 1.29 is 9.72 Å². The molecule has 0 aliphatic heterocycles. The van der Waals surface area contributed by atoms with E-state index in [0.717, 1.165) is 10.0 Å². The maximum atomic E-state index is 12.1. The minimum atomic E-state index is -0.512. The summed E-state index contributed by atoms with van der Waals surface area (Å²) in [5.74, 6) is -0.327. The third-order valence-corrected chi connectivity index (χ3v) is 4.36. The first-order valence-electron chi connectivity index (χ1n) is 5.90. The zero-order chi connectivity index (χ0) is 15.6. The normalized spacial score (nSPS) is 10.2. The fourth-order valence-electron chi connectivity index (χ4n) is 1.67. The number of anilines is 1. The van der Waals surface area contributed by atoms with Crippen LogP contribution in [0.3, 0.4) is 0 Å². The molecule has 21 heavy (non-hydrogen) atoms. The van der Waals surface area contributed by atoms with Crippen molar-refractivity contribution >= 4 is 49.1 Å². The molecule has 0 spiro atoms. The van der Waals surface area contributed by atoms with Gasteiger partial charge in [0, 0.05) is 21.8 Å². The van der Waals surface area contributed by atoms with E-state index in [1.165, 1.54) is 12.1 Å². The number of nitro groups is 1. The van der Waals surface area contributed by atoms with Crippen molar-refractivity contribution in [2.24, 2.45) is 0 Å². The Kier molecular flexibility index (Phi) is 4.74. The summed E-state index contributed by atoms with van der Waals surface area (Å²) < 4.78 is 1.19. The number of halogens is 2. The number of carbonyl (C=O) groups is 1. The zero-order valence-corrected chi connectivity index (χ0v) is 14.1. The molecule has 0 aromatic heterocycles. The number of amides is 1. The number of aryl methyl sites for hydroxylation is 1. The number of carbonyl (C=O) groups excluding carboxylic acids is 1. The van der Waals surface area contributed by atoms with Gasteiger partial charge in [-0.15, -0.1) is 0 Å². The quantitative estimate of drug-likeness (QED) is 0.586. The van der Waals surface area contributed by atoms with Crippen LogP contribution in [-0.4, -0.2) is 10.8 Å². The largest absolute Gasteiger partial charge is 0.322 e. The molecule has 0 radical (unpaired) electrons. The third-order valence-electron chi connectivity index (χ3n) is 2.83. The van der Waals surface area contributed by atoms with E-state index >= 15 is 0 Å². The molecule has 5 nitrogen and oxygen atoms in total. The third kappa shape index (κ3) is 3.68. The smallest absolute Gasteiger partial charge is 0.285 e. The standard InChI is InChI=1S/C14H10Br2N2O3/c1-8-2-3-9(6-12(8)16)14(19)17-10-4-5-11(15)13(7-10)18(20)21/h2-7H,1H3,(H,17,19). The highest BCUT2D eigenvalue weighted by Crippen LogP contribution is 2.28. The van der Waals surface area contributed by atoms with Crippen LogP contribution < -0.4 is 5.32 Å². The molecule has 0 fully saturated rings. The molecule has 2 aromatic rings. The Bertz CT molecular complexity index is 732. The first kappa shape index (κ1) is 15.7. The minimum Gasteiger partial charge on any atom is -0.322 e. The monoisotopic (exact) mass is 412 g/mol.